The zero-order chi connectivity index (χ0) is 15.9. The van der Waals surface area contributed by atoms with E-state index in [9.17, 15) is 9.59 Å². The number of hydrogen-bond acceptors (Lipinski definition) is 3. The standard InChI is InChI=1S/C17H25N3O2/c1-3-20(4-2)17(22)14-9-5-6-10-15(14)19-16(21)12-13-8-7-11-18-13/h5-6,9-10,13,18H,3-4,7-8,11-12H2,1-2H3,(H,19,21). The van der Waals surface area contributed by atoms with Crippen LogP contribution in [0.4, 0.5) is 5.69 Å². The van der Waals surface area contributed by atoms with E-state index in [-0.39, 0.29) is 17.9 Å². The van der Waals surface area contributed by atoms with E-state index in [1.807, 2.05) is 26.0 Å². The Labute approximate surface area is 132 Å². The first-order valence-electron chi connectivity index (χ1n) is 8.07. The Morgan fingerprint density at radius 3 is 2.64 bits per heavy atom. The lowest BCUT2D eigenvalue weighted by Gasteiger charge is -2.20. The van der Waals surface area contributed by atoms with Gasteiger partial charge >= 0.3 is 0 Å². The van der Waals surface area contributed by atoms with Crippen LogP contribution in [-0.2, 0) is 4.79 Å². The van der Waals surface area contributed by atoms with Gasteiger partial charge in [0.05, 0.1) is 11.3 Å². The SMILES string of the molecule is CCN(CC)C(=O)c1ccccc1NC(=O)CC1CCCN1. The number of rotatable bonds is 6. The molecule has 5 nitrogen and oxygen atoms in total. The smallest absolute Gasteiger partial charge is 0.255 e. The van der Waals surface area contributed by atoms with E-state index >= 15 is 0 Å². The van der Waals surface area contributed by atoms with E-state index in [0.29, 0.717) is 30.8 Å². The second kappa shape index (κ2) is 7.94. The molecule has 1 heterocycles. The van der Waals surface area contributed by atoms with Crippen molar-refractivity contribution >= 4 is 17.5 Å². The molecule has 5 heteroatoms. The first kappa shape index (κ1) is 16.5. The van der Waals surface area contributed by atoms with Gasteiger partial charge < -0.3 is 15.5 Å². The van der Waals surface area contributed by atoms with Gasteiger partial charge in [-0.1, -0.05) is 12.1 Å². The predicted molar refractivity (Wildman–Crippen MR) is 88.0 cm³/mol. The number of carbonyl (C=O) groups is 2. The summed E-state index contributed by atoms with van der Waals surface area (Å²) in [5.74, 6) is -0.0842. The van der Waals surface area contributed by atoms with Crippen LogP contribution in [0.2, 0.25) is 0 Å². The van der Waals surface area contributed by atoms with E-state index in [4.69, 9.17) is 0 Å². The van der Waals surface area contributed by atoms with Crippen molar-refractivity contribution in [1.82, 2.24) is 10.2 Å². The minimum Gasteiger partial charge on any atom is -0.339 e. The molecule has 22 heavy (non-hydrogen) atoms. The molecule has 1 saturated heterocycles. The van der Waals surface area contributed by atoms with Crippen LogP contribution in [0.3, 0.4) is 0 Å². The van der Waals surface area contributed by atoms with Gasteiger partial charge in [0.25, 0.3) is 5.91 Å². The molecule has 1 unspecified atom stereocenters. The highest BCUT2D eigenvalue weighted by Crippen LogP contribution is 2.18. The van der Waals surface area contributed by atoms with Crippen molar-refractivity contribution in [2.24, 2.45) is 0 Å². The van der Waals surface area contributed by atoms with Crippen LogP contribution in [0.5, 0.6) is 0 Å². The third kappa shape index (κ3) is 4.07. The number of benzene rings is 1. The van der Waals surface area contributed by atoms with Crippen molar-refractivity contribution in [3.8, 4) is 0 Å². The zero-order valence-electron chi connectivity index (χ0n) is 13.4. The fourth-order valence-electron chi connectivity index (χ4n) is 2.82. The molecular weight excluding hydrogens is 278 g/mol. The van der Waals surface area contributed by atoms with E-state index in [0.717, 1.165) is 19.4 Å². The number of anilines is 1. The Morgan fingerprint density at radius 2 is 2.00 bits per heavy atom. The van der Waals surface area contributed by atoms with Crippen molar-refractivity contribution in [3.63, 3.8) is 0 Å². The molecular formula is C17H25N3O2. The van der Waals surface area contributed by atoms with Crippen molar-refractivity contribution in [3.05, 3.63) is 29.8 Å². The molecule has 0 bridgehead atoms. The van der Waals surface area contributed by atoms with Gasteiger partial charge in [0.2, 0.25) is 5.91 Å². The summed E-state index contributed by atoms with van der Waals surface area (Å²) >= 11 is 0. The maximum atomic E-state index is 12.5. The van der Waals surface area contributed by atoms with E-state index in [2.05, 4.69) is 10.6 Å². The Bertz CT molecular complexity index is 520. The van der Waals surface area contributed by atoms with Crippen LogP contribution in [0, 0.1) is 0 Å². The molecule has 0 spiro atoms. The van der Waals surface area contributed by atoms with E-state index < -0.39 is 0 Å². The van der Waals surface area contributed by atoms with Crippen molar-refractivity contribution in [1.29, 1.82) is 0 Å². The molecule has 0 radical (unpaired) electrons. The number of amides is 2. The molecule has 1 aliphatic heterocycles. The minimum atomic E-state index is -0.0424. The maximum Gasteiger partial charge on any atom is 0.255 e. The molecule has 0 saturated carbocycles. The number of hydrogen-bond donors (Lipinski definition) is 2. The van der Waals surface area contributed by atoms with Crippen LogP contribution in [-0.4, -0.2) is 42.4 Å². The summed E-state index contributed by atoms with van der Waals surface area (Å²) in [6.07, 6.45) is 2.61. The molecule has 2 rings (SSSR count). The predicted octanol–water partition coefficient (Wildman–Crippen LogP) is 2.25. The molecule has 2 N–H and O–H groups in total. The first-order valence-corrected chi connectivity index (χ1v) is 8.07. The van der Waals surface area contributed by atoms with E-state index in [1.165, 1.54) is 0 Å². The molecule has 1 aromatic carbocycles. The van der Waals surface area contributed by atoms with Gasteiger partial charge in [-0.15, -0.1) is 0 Å². The lowest BCUT2D eigenvalue weighted by atomic mass is 10.1. The van der Waals surface area contributed by atoms with Gasteiger partial charge in [-0.3, -0.25) is 9.59 Å². The van der Waals surface area contributed by atoms with Crippen LogP contribution in [0.25, 0.3) is 0 Å². The number of nitrogens with zero attached hydrogens (tertiary/aromatic N) is 1. The highest BCUT2D eigenvalue weighted by Gasteiger charge is 2.20. The second-order valence-corrected chi connectivity index (χ2v) is 5.57. The topological polar surface area (TPSA) is 61.4 Å². The zero-order valence-corrected chi connectivity index (χ0v) is 13.4. The maximum absolute atomic E-state index is 12.5. The summed E-state index contributed by atoms with van der Waals surface area (Å²) in [5.41, 5.74) is 1.15. The van der Waals surface area contributed by atoms with Gasteiger partial charge in [-0.05, 0) is 45.4 Å². The number of nitrogens with one attached hydrogen (secondary N) is 2. The van der Waals surface area contributed by atoms with Gasteiger partial charge in [-0.25, -0.2) is 0 Å². The lowest BCUT2D eigenvalue weighted by Crippen LogP contribution is -2.32. The minimum absolute atomic E-state index is 0.0418. The number of para-hydroxylation sites is 1. The van der Waals surface area contributed by atoms with Gasteiger partial charge in [0, 0.05) is 25.6 Å². The average molecular weight is 303 g/mol. The fourth-order valence-corrected chi connectivity index (χ4v) is 2.82. The van der Waals surface area contributed by atoms with Gasteiger partial charge in [-0.2, -0.15) is 0 Å². The van der Waals surface area contributed by atoms with Crippen molar-refractivity contribution in [2.45, 2.75) is 39.2 Å². The largest absolute Gasteiger partial charge is 0.339 e. The molecule has 2 amide bonds. The molecule has 0 aromatic heterocycles. The van der Waals surface area contributed by atoms with Gasteiger partial charge in [0.15, 0.2) is 0 Å². The Balaban J connectivity index is 2.07. The molecule has 1 fully saturated rings. The second-order valence-electron chi connectivity index (χ2n) is 5.57. The molecule has 0 aliphatic carbocycles. The Morgan fingerprint density at radius 1 is 1.27 bits per heavy atom. The van der Waals surface area contributed by atoms with Crippen molar-refractivity contribution in [2.75, 3.05) is 25.0 Å². The lowest BCUT2D eigenvalue weighted by molar-refractivity contribution is -0.116. The van der Waals surface area contributed by atoms with Crippen LogP contribution in [0.1, 0.15) is 43.5 Å². The molecule has 1 atom stereocenters. The summed E-state index contributed by atoms with van der Waals surface area (Å²) in [6, 6.07) is 7.47. The summed E-state index contributed by atoms with van der Waals surface area (Å²) < 4.78 is 0. The van der Waals surface area contributed by atoms with Gasteiger partial charge in [0.1, 0.15) is 0 Å². The Hall–Kier alpha value is -1.88. The fraction of sp³-hybridized carbons (Fsp3) is 0.529. The molecule has 120 valence electrons. The Kier molecular flexibility index (Phi) is 5.95. The average Bonchev–Trinajstić information content (AvgIpc) is 3.01. The van der Waals surface area contributed by atoms with Crippen LogP contribution in [0.15, 0.2) is 24.3 Å². The summed E-state index contributed by atoms with van der Waals surface area (Å²) in [6.45, 7) is 6.20. The quantitative estimate of drug-likeness (QED) is 0.847. The summed E-state index contributed by atoms with van der Waals surface area (Å²) in [5, 5.41) is 6.21. The van der Waals surface area contributed by atoms with Crippen molar-refractivity contribution < 1.29 is 9.59 Å². The van der Waals surface area contributed by atoms with Crippen LogP contribution < -0.4 is 10.6 Å². The summed E-state index contributed by atoms with van der Waals surface area (Å²) in [4.78, 5) is 26.4. The highest BCUT2D eigenvalue weighted by molar-refractivity contribution is 6.03. The third-order valence-electron chi connectivity index (χ3n) is 4.08. The first-order chi connectivity index (χ1) is 10.7. The van der Waals surface area contributed by atoms with E-state index in [1.54, 1.807) is 17.0 Å². The number of carbonyl (C=O) groups excluding carboxylic acids is 2. The highest BCUT2D eigenvalue weighted by atomic mass is 16.2. The molecule has 1 aliphatic rings. The monoisotopic (exact) mass is 303 g/mol. The van der Waals surface area contributed by atoms with Crippen LogP contribution >= 0.6 is 0 Å². The normalized spacial score (nSPS) is 17.3. The summed E-state index contributed by atoms with van der Waals surface area (Å²) in [7, 11) is 0. The molecule has 1 aromatic rings. The third-order valence-corrected chi connectivity index (χ3v) is 4.08.